The highest BCUT2D eigenvalue weighted by molar-refractivity contribution is 7.80. The van der Waals surface area contributed by atoms with Crippen molar-refractivity contribution in [1.82, 2.24) is 19.8 Å². The van der Waals surface area contributed by atoms with Crippen LogP contribution in [-0.2, 0) is 4.79 Å². The molecule has 9 nitrogen and oxygen atoms in total. The van der Waals surface area contributed by atoms with Crippen molar-refractivity contribution in [2.75, 3.05) is 11.9 Å². The van der Waals surface area contributed by atoms with E-state index in [9.17, 15) is 14.9 Å². The van der Waals surface area contributed by atoms with Crippen LogP contribution in [0.4, 0.5) is 11.4 Å². The Bertz CT molecular complexity index is 1520. The Morgan fingerprint density at radius 2 is 1.90 bits per heavy atom. The number of thiocarbonyl (C=S) groups is 1. The summed E-state index contributed by atoms with van der Waals surface area (Å²) in [5.41, 5.74) is 5.43. The third-order valence-corrected chi connectivity index (χ3v) is 7.22. The molecule has 1 aliphatic rings. The number of benzene rings is 2. The maximum Gasteiger partial charge on any atom is 0.269 e. The maximum absolute atomic E-state index is 13.0. The van der Waals surface area contributed by atoms with Crippen molar-refractivity contribution in [2.24, 2.45) is 0 Å². The minimum absolute atomic E-state index is 0.0269. The van der Waals surface area contributed by atoms with Gasteiger partial charge in [0, 0.05) is 54.6 Å². The molecule has 3 heterocycles. The molecular formula is C29H28N6O3S. The number of nitro groups is 1. The highest BCUT2D eigenvalue weighted by Gasteiger charge is 2.41. The number of carbonyl (C=O) groups is 1. The summed E-state index contributed by atoms with van der Waals surface area (Å²) >= 11 is 5.77. The molecule has 10 heteroatoms. The first-order valence-electron chi connectivity index (χ1n) is 12.6. The number of hydrogen-bond acceptors (Lipinski definition) is 5. The Kier molecular flexibility index (Phi) is 7.38. The predicted molar refractivity (Wildman–Crippen MR) is 154 cm³/mol. The smallest absolute Gasteiger partial charge is 0.269 e. The zero-order valence-corrected chi connectivity index (χ0v) is 22.4. The van der Waals surface area contributed by atoms with E-state index in [1.807, 2.05) is 78.0 Å². The number of carbonyl (C=O) groups excluding carboxylic acids is 1. The van der Waals surface area contributed by atoms with Crippen molar-refractivity contribution >= 4 is 34.6 Å². The van der Waals surface area contributed by atoms with Gasteiger partial charge in [0.05, 0.1) is 22.7 Å². The van der Waals surface area contributed by atoms with Crippen molar-refractivity contribution in [3.05, 3.63) is 118 Å². The van der Waals surface area contributed by atoms with Crippen LogP contribution >= 0.6 is 12.2 Å². The average Bonchev–Trinajstić information content (AvgIpc) is 3.54. The third-order valence-electron chi connectivity index (χ3n) is 6.87. The molecular weight excluding hydrogens is 512 g/mol. The second-order valence-corrected chi connectivity index (χ2v) is 9.90. The minimum atomic E-state index is -0.415. The molecule has 0 saturated carbocycles. The van der Waals surface area contributed by atoms with Gasteiger partial charge in [-0.1, -0.05) is 18.2 Å². The van der Waals surface area contributed by atoms with E-state index in [0.29, 0.717) is 11.7 Å². The van der Waals surface area contributed by atoms with Crippen LogP contribution in [0.25, 0.3) is 5.69 Å². The lowest BCUT2D eigenvalue weighted by Crippen LogP contribution is -2.33. The number of aromatic nitrogens is 2. The summed E-state index contributed by atoms with van der Waals surface area (Å²) in [6.07, 6.45) is 3.89. The number of hydrogen-bond donors (Lipinski definition) is 2. The molecule has 1 fully saturated rings. The molecule has 2 aromatic carbocycles. The summed E-state index contributed by atoms with van der Waals surface area (Å²) in [4.78, 5) is 30.3. The first-order valence-corrected chi connectivity index (χ1v) is 13.0. The van der Waals surface area contributed by atoms with Gasteiger partial charge in [0.1, 0.15) is 0 Å². The molecule has 2 N–H and O–H groups in total. The molecule has 198 valence electrons. The zero-order valence-electron chi connectivity index (χ0n) is 21.6. The van der Waals surface area contributed by atoms with E-state index in [0.717, 1.165) is 33.9 Å². The van der Waals surface area contributed by atoms with Crippen LogP contribution in [0.5, 0.6) is 0 Å². The zero-order chi connectivity index (χ0) is 27.5. The summed E-state index contributed by atoms with van der Waals surface area (Å²) < 4.78 is 1.99. The number of nitro benzene ring substituents is 1. The van der Waals surface area contributed by atoms with Crippen molar-refractivity contribution in [1.29, 1.82) is 0 Å². The highest BCUT2D eigenvalue weighted by Crippen LogP contribution is 2.39. The monoisotopic (exact) mass is 540 g/mol. The number of aryl methyl sites for hydroxylation is 2. The van der Waals surface area contributed by atoms with E-state index in [1.54, 1.807) is 18.3 Å². The Morgan fingerprint density at radius 1 is 1.10 bits per heavy atom. The predicted octanol–water partition coefficient (Wildman–Crippen LogP) is 5.40. The number of rotatable bonds is 8. The second-order valence-electron chi connectivity index (χ2n) is 9.51. The van der Waals surface area contributed by atoms with Gasteiger partial charge in [-0.15, -0.1) is 0 Å². The van der Waals surface area contributed by atoms with E-state index in [2.05, 4.69) is 15.6 Å². The molecule has 5 rings (SSSR count). The van der Waals surface area contributed by atoms with Gasteiger partial charge < -0.3 is 20.1 Å². The molecule has 2 atom stereocenters. The van der Waals surface area contributed by atoms with Crippen LogP contribution in [0, 0.1) is 24.0 Å². The van der Waals surface area contributed by atoms with E-state index in [1.165, 1.54) is 12.1 Å². The van der Waals surface area contributed by atoms with Gasteiger partial charge in [-0.05, 0) is 79.7 Å². The lowest BCUT2D eigenvalue weighted by molar-refractivity contribution is -0.384. The molecule has 1 saturated heterocycles. The number of anilines is 1. The highest BCUT2D eigenvalue weighted by atomic mass is 32.1. The lowest BCUT2D eigenvalue weighted by Gasteiger charge is -2.29. The number of amides is 1. The van der Waals surface area contributed by atoms with Gasteiger partial charge in [-0.3, -0.25) is 19.9 Å². The van der Waals surface area contributed by atoms with Crippen molar-refractivity contribution in [3.63, 3.8) is 0 Å². The summed E-state index contributed by atoms with van der Waals surface area (Å²) in [6.45, 7) is 4.35. The summed E-state index contributed by atoms with van der Waals surface area (Å²) in [5, 5.41) is 18.1. The quantitative estimate of drug-likeness (QED) is 0.175. The normalized spacial score (nSPS) is 16.7. The molecule has 0 radical (unpaired) electrons. The third kappa shape index (κ3) is 5.51. The maximum atomic E-state index is 13.0. The largest absolute Gasteiger partial charge is 0.352 e. The Morgan fingerprint density at radius 3 is 2.62 bits per heavy atom. The van der Waals surface area contributed by atoms with Crippen LogP contribution in [-0.4, -0.2) is 36.9 Å². The van der Waals surface area contributed by atoms with Crippen LogP contribution in [0.1, 0.15) is 41.0 Å². The van der Waals surface area contributed by atoms with E-state index >= 15 is 0 Å². The molecule has 2 aromatic heterocycles. The molecule has 39 heavy (non-hydrogen) atoms. The van der Waals surface area contributed by atoms with Gasteiger partial charge >= 0.3 is 0 Å². The van der Waals surface area contributed by atoms with Gasteiger partial charge in [0.2, 0.25) is 5.91 Å². The number of nitrogens with one attached hydrogen (secondary N) is 2. The first kappa shape index (κ1) is 26.1. The van der Waals surface area contributed by atoms with E-state index in [-0.39, 0.29) is 30.1 Å². The summed E-state index contributed by atoms with van der Waals surface area (Å²) in [6, 6.07) is 21.5. The second kappa shape index (κ2) is 11.0. The molecule has 4 aromatic rings. The van der Waals surface area contributed by atoms with Crippen LogP contribution in [0.15, 0.2) is 85.2 Å². The van der Waals surface area contributed by atoms with Crippen molar-refractivity contribution in [3.8, 4) is 5.69 Å². The topological polar surface area (TPSA) is 105 Å². The SMILES string of the molecule is Cc1ccc(C)c(NC(=O)CCN2C(=S)N[C@H](c3ccccn3)[C@H]2c2cccn2-c2ccc([N+](=O)[O-])cc2)c1. The molecule has 0 aliphatic carbocycles. The van der Waals surface area contributed by atoms with Gasteiger partial charge in [0.25, 0.3) is 5.69 Å². The van der Waals surface area contributed by atoms with Crippen molar-refractivity contribution < 1.29 is 9.72 Å². The molecule has 0 unspecified atom stereocenters. The van der Waals surface area contributed by atoms with Crippen LogP contribution in [0.3, 0.4) is 0 Å². The van der Waals surface area contributed by atoms with Crippen molar-refractivity contribution in [2.45, 2.75) is 32.4 Å². The van der Waals surface area contributed by atoms with E-state index in [4.69, 9.17) is 12.2 Å². The Balaban J connectivity index is 1.44. The molecule has 0 spiro atoms. The van der Waals surface area contributed by atoms with Crippen LogP contribution in [0.2, 0.25) is 0 Å². The number of nitrogens with zero attached hydrogens (tertiary/aromatic N) is 4. The van der Waals surface area contributed by atoms with Gasteiger partial charge in [-0.2, -0.15) is 0 Å². The molecule has 1 aliphatic heterocycles. The summed E-state index contributed by atoms with van der Waals surface area (Å²) in [7, 11) is 0. The number of non-ortho nitro benzene ring substituents is 1. The van der Waals surface area contributed by atoms with Gasteiger partial charge in [-0.25, -0.2) is 0 Å². The average molecular weight is 541 g/mol. The minimum Gasteiger partial charge on any atom is -0.352 e. The van der Waals surface area contributed by atoms with Gasteiger partial charge in [0.15, 0.2) is 5.11 Å². The Labute approximate surface area is 231 Å². The molecule has 0 bridgehead atoms. The van der Waals surface area contributed by atoms with Crippen LogP contribution < -0.4 is 10.6 Å². The van der Waals surface area contributed by atoms with E-state index < -0.39 is 4.92 Å². The fraction of sp³-hybridized carbons (Fsp3) is 0.207. The molecule has 1 amide bonds. The number of pyridine rings is 1. The fourth-order valence-corrected chi connectivity index (χ4v) is 5.21. The Hall–Kier alpha value is -4.57. The fourth-order valence-electron chi connectivity index (χ4n) is 4.88. The lowest BCUT2D eigenvalue weighted by atomic mass is 10.0. The first-order chi connectivity index (χ1) is 18.8. The standard InChI is InChI=1S/C29H28N6O3S/c1-19-8-9-20(2)24(18-19)31-26(36)14-17-34-28(27(32-29(34)39)23-6-3-4-15-30-23)25-7-5-16-33(25)21-10-12-22(13-11-21)35(37)38/h3-13,15-16,18,27-28H,14,17H2,1-2H3,(H,31,36)(H,32,39)/t27-,28-/m1/s1. The summed E-state index contributed by atoms with van der Waals surface area (Å²) in [5.74, 6) is -0.0997.